The summed E-state index contributed by atoms with van der Waals surface area (Å²) in [7, 11) is 0. The molecule has 2 atom stereocenters. The first kappa shape index (κ1) is 26.0. The van der Waals surface area contributed by atoms with Crippen molar-refractivity contribution in [2.45, 2.75) is 57.0 Å². The van der Waals surface area contributed by atoms with E-state index in [1.165, 1.54) is 10.7 Å². The fourth-order valence-electron chi connectivity index (χ4n) is 5.57. The van der Waals surface area contributed by atoms with Gasteiger partial charge in [0.25, 0.3) is 5.91 Å². The number of benzene rings is 2. The summed E-state index contributed by atoms with van der Waals surface area (Å²) in [5.74, 6) is -0.251. The van der Waals surface area contributed by atoms with Crippen LogP contribution in [0.1, 0.15) is 47.3 Å². The van der Waals surface area contributed by atoms with Gasteiger partial charge in [0.2, 0.25) is 0 Å². The zero-order chi connectivity index (χ0) is 28.1. The van der Waals surface area contributed by atoms with Crippen LogP contribution in [0.25, 0.3) is 33.1 Å². The van der Waals surface area contributed by atoms with Gasteiger partial charge in [-0.15, -0.1) is 0 Å². The van der Waals surface area contributed by atoms with Crippen LogP contribution in [0.5, 0.6) is 0 Å². The zero-order valence-corrected chi connectivity index (χ0v) is 21.7. The molecule has 1 aliphatic carbocycles. The van der Waals surface area contributed by atoms with Crippen molar-refractivity contribution < 1.29 is 23.1 Å². The number of fused-ring (bicyclic) bond motifs is 2. The maximum absolute atomic E-state index is 13.2. The van der Waals surface area contributed by atoms with Crippen molar-refractivity contribution in [1.29, 1.82) is 0 Å². The number of nitrogens with one attached hydrogen (secondary N) is 2. The summed E-state index contributed by atoms with van der Waals surface area (Å²) >= 11 is 0. The van der Waals surface area contributed by atoms with E-state index in [1.807, 2.05) is 25.1 Å². The fourth-order valence-corrected chi connectivity index (χ4v) is 5.57. The van der Waals surface area contributed by atoms with Crippen LogP contribution in [0.4, 0.5) is 13.2 Å². The van der Waals surface area contributed by atoms with Crippen LogP contribution in [-0.4, -0.2) is 47.6 Å². The molecule has 1 aliphatic rings. The van der Waals surface area contributed by atoms with Crippen LogP contribution in [0.2, 0.25) is 0 Å². The lowest BCUT2D eigenvalue weighted by atomic mass is 9.81. The van der Waals surface area contributed by atoms with E-state index in [0.717, 1.165) is 40.0 Å². The molecule has 0 aliphatic heterocycles. The van der Waals surface area contributed by atoms with E-state index in [2.05, 4.69) is 25.6 Å². The molecule has 6 rings (SSSR count). The largest absolute Gasteiger partial charge is 0.416 e. The lowest BCUT2D eigenvalue weighted by Gasteiger charge is -2.37. The second-order valence-corrected chi connectivity index (χ2v) is 10.6. The van der Waals surface area contributed by atoms with Gasteiger partial charge in [-0.25, -0.2) is 0 Å². The first-order valence-corrected chi connectivity index (χ1v) is 13.1. The summed E-state index contributed by atoms with van der Waals surface area (Å²) in [6.45, 7) is 2.02. The van der Waals surface area contributed by atoms with Crippen LogP contribution < -0.4 is 5.32 Å². The molecule has 5 aromatic rings. The second kappa shape index (κ2) is 9.74. The minimum atomic E-state index is -4.45. The number of halogens is 3. The fraction of sp³-hybridized carbons (Fsp3) is 0.310. The highest BCUT2D eigenvalue weighted by molar-refractivity contribution is 6.01. The molecule has 1 amide bonds. The Morgan fingerprint density at radius 1 is 1.20 bits per heavy atom. The third kappa shape index (κ3) is 5.16. The van der Waals surface area contributed by atoms with Gasteiger partial charge in [0.1, 0.15) is 5.69 Å². The molecule has 206 valence electrons. The number of hydrogen-bond donors (Lipinski definition) is 3. The Hall–Kier alpha value is -4.25. The van der Waals surface area contributed by atoms with E-state index in [1.54, 1.807) is 24.5 Å². The minimum absolute atomic E-state index is 0.116. The number of amides is 1. The highest BCUT2D eigenvalue weighted by atomic mass is 19.4. The number of nitrogens with zero attached hydrogens (tertiary/aromatic N) is 4. The van der Waals surface area contributed by atoms with Crippen molar-refractivity contribution >= 4 is 27.7 Å². The Bertz CT molecular complexity index is 1730. The van der Waals surface area contributed by atoms with Crippen LogP contribution in [-0.2, 0) is 12.7 Å². The highest BCUT2D eigenvalue weighted by Gasteiger charge is 2.36. The standard InChI is InChI=1S/C29H27F3N6O2/c1-17-11-18(8-10-33-17)26-23-12-19(5-7-24(23)35-36-26)27(39)34-22-3-2-9-28(40,14-22)16-38-15-20-4-6-21(29(30,31)32)13-25(20)37-38/h4-8,10-13,15,22,40H,2-3,9,14,16H2,1H3,(H,34,39)(H,35,36)/t22-,28-/m0/s1. The lowest BCUT2D eigenvalue weighted by Crippen LogP contribution is -2.47. The molecule has 2 aromatic carbocycles. The van der Waals surface area contributed by atoms with Gasteiger partial charge in [0.05, 0.1) is 28.7 Å². The number of aryl methyl sites for hydroxylation is 1. The van der Waals surface area contributed by atoms with Crippen molar-refractivity contribution in [3.05, 3.63) is 77.7 Å². The highest BCUT2D eigenvalue weighted by Crippen LogP contribution is 2.33. The maximum Gasteiger partial charge on any atom is 0.416 e. The predicted octanol–water partition coefficient (Wildman–Crippen LogP) is 5.41. The summed E-state index contributed by atoms with van der Waals surface area (Å²) in [6, 6.07) is 12.3. The summed E-state index contributed by atoms with van der Waals surface area (Å²) in [6.07, 6.45) is 1.10. The molecular formula is C29H27F3N6O2. The number of pyridine rings is 1. The third-order valence-electron chi connectivity index (χ3n) is 7.49. The molecule has 11 heteroatoms. The summed E-state index contributed by atoms with van der Waals surface area (Å²) in [5.41, 5.74) is 2.07. The van der Waals surface area contributed by atoms with E-state index >= 15 is 0 Å². The molecule has 3 aromatic heterocycles. The number of aromatic amines is 1. The van der Waals surface area contributed by atoms with Gasteiger partial charge in [-0.1, -0.05) is 6.07 Å². The Morgan fingerprint density at radius 3 is 2.85 bits per heavy atom. The molecule has 0 bridgehead atoms. The molecule has 0 unspecified atom stereocenters. The van der Waals surface area contributed by atoms with Crippen LogP contribution in [0.15, 0.2) is 60.9 Å². The number of carbonyl (C=O) groups is 1. The Kier molecular flexibility index (Phi) is 6.33. The van der Waals surface area contributed by atoms with Crippen molar-refractivity contribution in [2.24, 2.45) is 0 Å². The van der Waals surface area contributed by atoms with Gasteiger partial charge in [0.15, 0.2) is 0 Å². The Morgan fingerprint density at radius 2 is 2.05 bits per heavy atom. The average Bonchev–Trinajstić information content (AvgIpc) is 3.50. The number of rotatable bonds is 5. The average molecular weight is 549 g/mol. The first-order valence-electron chi connectivity index (χ1n) is 13.1. The monoisotopic (exact) mass is 548 g/mol. The van der Waals surface area contributed by atoms with E-state index in [-0.39, 0.29) is 24.0 Å². The van der Waals surface area contributed by atoms with E-state index in [0.29, 0.717) is 36.6 Å². The van der Waals surface area contributed by atoms with E-state index in [4.69, 9.17) is 0 Å². The Labute approximate surface area is 227 Å². The van der Waals surface area contributed by atoms with Crippen LogP contribution in [0.3, 0.4) is 0 Å². The van der Waals surface area contributed by atoms with E-state index in [9.17, 15) is 23.1 Å². The zero-order valence-electron chi connectivity index (χ0n) is 21.7. The van der Waals surface area contributed by atoms with E-state index < -0.39 is 17.3 Å². The minimum Gasteiger partial charge on any atom is -0.388 e. The number of alkyl halides is 3. The van der Waals surface area contributed by atoms with Crippen molar-refractivity contribution in [2.75, 3.05) is 0 Å². The summed E-state index contributed by atoms with van der Waals surface area (Å²) in [5, 5.41) is 27.5. The number of hydrogen-bond acceptors (Lipinski definition) is 5. The quantitative estimate of drug-likeness (QED) is 0.272. The van der Waals surface area contributed by atoms with Gasteiger partial charge in [-0.05, 0) is 75.1 Å². The molecule has 0 radical (unpaired) electrons. The third-order valence-corrected chi connectivity index (χ3v) is 7.49. The molecule has 8 nitrogen and oxygen atoms in total. The van der Waals surface area contributed by atoms with Crippen LogP contribution in [0, 0.1) is 6.92 Å². The molecule has 1 saturated carbocycles. The van der Waals surface area contributed by atoms with Gasteiger partial charge >= 0.3 is 6.18 Å². The molecule has 1 fully saturated rings. The van der Waals surface area contributed by atoms with Gasteiger partial charge < -0.3 is 10.4 Å². The maximum atomic E-state index is 13.2. The molecule has 0 spiro atoms. The van der Waals surface area contributed by atoms with Gasteiger partial charge in [-0.3, -0.25) is 19.6 Å². The van der Waals surface area contributed by atoms with Gasteiger partial charge in [0, 0.05) is 46.0 Å². The molecule has 0 saturated heterocycles. The summed E-state index contributed by atoms with van der Waals surface area (Å²) in [4.78, 5) is 17.5. The first-order chi connectivity index (χ1) is 19.1. The Balaban J connectivity index is 1.17. The lowest BCUT2D eigenvalue weighted by molar-refractivity contribution is -0.137. The number of H-pyrrole nitrogens is 1. The second-order valence-electron chi connectivity index (χ2n) is 10.6. The SMILES string of the molecule is Cc1cc(-c2n[nH]c3ccc(C(=O)N[C@H]4CCC[C@@](O)(Cn5cc6ccc(C(F)(F)F)cc6n5)C4)cc23)ccn1. The van der Waals surface area contributed by atoms with Crippen molar-refractivity contribution in [3.8, 4) is 11.3 Å². The summed E-state index contributed by atoms with van der Waals surface area (Å²) < 4.78 is 40.7. The number of carbonyl (C=O) groups excluding carboxylic acids is 1. The number of aromatic nitrogens is 5. The molecular weight excluding hydrogens is 521 g/mol. The molecule has 3 heterocycles. The van der Waals surface area contributed by atoms with Crippen molar-refractivity contribution in [1.82, 2.24) is 30.3 Å². The van der Waals surface area contributed by atoms with Gasteiger partial charge in [-0.2, -0.15) is 23.4 Å². The molecule has 40 heavy (non-hydrogen) atoms. The number of aliphatic hydroxyl groups is 1. The molecule has 3 N–H and O–H groups in total. The van der Waals surface area contributed by atoms with Crippen molar-refractivity contribution in [3.63, 3.8) is 0 Å². The topological polar surface area (TPSA) is 109 Å². The smallest absolute Gasteiger partial charge is 0.388 e. The van der Waals surface area contributed by atoms with Crippen LogP contribution >= 0.6 is 0 Å². The predicted molar refractivity (Wildman–Crippen MR) is 143 cm³/mol. The normalized spacial score (nSPS) is 19.8.